The van der Waals surface area contributed by atoms with E-state index in [2.05, 4.69) is 20.7 Å². The van der Waals surface area contributed by atoms with Crippen molar-refractivity contribution in [1.82, 2.24) is 0 Å². The van der Waals surface area contributed by atoms with Crippen LogP contribution in [0.3, 0.4) is 0 Å². The van der Waals surface area contributed by atoms with Gasteiger partial charge in [0.05, 0.1) is 17.5 Å². The van der Waals surface area contributed by atoms with Gasteiger partial charge in [0.1, 0.15) is 11.6 Å². The molecule has 1 rings (SSSR count). The molecular formula is C10H9BrF2O2. The number of hydrogen-bond acceptors (Lipinski definition) is 2. The summed E-state index contributed by atoms with van der Waals surface area (Å²) in [4.78, 5) is 11.2. The summed E-state index contributed by atoms with van der Waals surface area (Å²) in [6, 6.07) is 2.35. The first kappa shape index (κ1) is 12.1. The van der Waals surface area contributed by atoms with Crippen molar-refractivity contribution in [2.45, 2.75) is 12.8 Å². The summed E-state index contributed by atoms with van der Waals surface area (Å²) in [5, 5.41) is 0. The molecule has 0 radical (unpaired) electrons. The molecule has 0 aliphatic carbocycles. The molecular weight excluding hydrogens is 270 g/mol. The van der Waals surface area contributed by atoms with Gasteiger partial charge < -0.3 is 4.74 Å². The molecule has 0 aliphatic rings. The Labute approximate surface area is 94.4 Å². The standard InChI is InChI=1S/C10H9BrF2O2/c1-5(10(14)15-2)8-7(12)4-3-6(11)9(8)13/h3-5H,1-2H3. The van der Waals surface area contributed by atoms with Crippen LogP contribution in [-0.2, 0) is 9.53 Å². The summed E-state index contributed by atoms with van der Waals surface area (Å²) in [6.07, 6.45) is 0. The van der Waals surface area contributed by atoms with Crippen LogP contribution >= 0.6 is 15.9 Å². The van der Waals surface area contributed by atoms with E-state index in [1.54, 1.807) is 0 Å². The van der Waals surface area contributed by atoms with Crippen LogP contribution in [0.1, 0.15) is 18.4 Å². The van der Waals surface area contributed by atoms with Gasteiger partial charge in [0.25, 0.3) is 0 Å². The van der Waals surface area contributed by atoms with Gasteiger partial charge in [-0.25, -0.2) is 8.78 Å². The van der Waals surface area contributed by atoms with Gasteiger partial charge in [0.2, 0.25) is 0 Å². The van der Waals surface area contributed by atoms with Crippen molar-refractivity contribution in [3.05, 3.63) is 33.8 Å². The average molecular weight is 279 g/mol. The first-order chi connectivity index (χ1) is 6.99. The molecule has 0 saturated carbocycles. The van der Waals surface area contributed by atoms with Gasteiger partial charge in [-0.3, -0.25) is 4.79 Å². The normalized spacial score (nSPS) is 12.3. The number of esters is 1. The zero-order valence-corrected chi connectivity index (χ0v) is 9.77. The third kappa shape index (κ3) is 2.34. The van der Waals surface area contributed by atoms with Gasteiger partial charge in [0.15, 0.2) is 0 Å². The number of benzene rings is 1. The van der Waals surface area contributed by atoms with Crippen LogP contribution in [0.2, 0.25) is 0 Å². The van der Waals surface area contributed by atoms with Crippen LogP contribution in [0.25, 0.3) is 0 Å². The molecule has 0 heterocycles. The Bertz CT molecular complexity index is 393. The number of rotatable bonds is 2. The monoisotopic (exact) mass is 278 g/mol. The predicted octanol–water partition coefficient (Wildman–Crippen LogP) is 3.00. The zero-order chi connectivity index (χ0) is 11.6. The Morgan fingerprint density at radius 2 is 2.07 bits per heavy atom. The van der Waals surface area contributed by atoms with Crippen molar-refractivity contribution in [2.24, 2.45) is 0 Å². The molecule has 1 atom stereocenters. The Kier molecular flexibility index (Phi) is 3.79. The fourth-order valence-electron chi connectivity index (χ4n) is 1.23. The lowest BCUT2D eigenvalue weighted by atomic mass is 10.0. The SMILES string of the molecule is COC(=O)C(C)c1c(F)ccc(Br)c1F. The van der Waals surface area contributed by atoms with Crippen molar-refractivity contribution in [3.8, 4) is 0 Å². The quantitative estimate of drug-likeness (QED) is 0.614. The van der Waals surface area contributed by atoms with Crippen LogP contribution < -0.4 is 0 Å². The molecule has 0 bridgehead atoms. The molecule has 15 heavy (non-hydrogen) atoms. The maximum absolute atomic E-state index is 13.5. The van der Waals surface area contributed by atoms with Gasteiger partial charge in [-0.05, 0) is 35.0 Å². The highest BCUT2D eigenvalue weighted by Gasteiger charge is 2.24. The summed E-state index contributed by atoms with van der Waals surface area (Å²) in [5.41, 5.74) is -0.281. The van der Waals surface area contributed by atoms with Crippen LogP contribution in [0.5, 0.6) is 0 Å². The van der Waals surface area contributed by atoms with E-state index in [1.807, 2.05) is 0 Å². The number of halogens is 3. The fraction of sp³-hybridized carbons (Fsp3) is 0.300. The minimum absolute atomic E-state index is 0.120. The number of carbonyl (C=O) groups excluding carboxylic acids is 1. The second kappa shape index (κ2) is 4.70. The summed E-state index contributed by atoms with van der Waals surface area (Å²) >= 11 is 2.93. The first-order valence-corrected chi connectivity index (χ1v) is 4.99. The Balaban J connectivity index is 3.24. The number of hydrogen-bond donors (Lipinski definition) is 0. The van der Waals surface area contributed by atoms with Gasteiger partial charge in [0, 0.05) is 5.56 Å². The van der Waals surface area contributed by atoms with Gasteiger partial charge in [-0.2, -0.15) is 0 Å². The molecule has 5 heteroatoms. The number of ether oxygens (including phenoxy) is 1. The van der Waals surface area contributed by atoms with E-state index in [0.29, 0.717) is 0 Å². The second-order valence-corrected chi connectivity index (χ2v) is 3.86. The van der Waals surface area contributed by atoms with Gasteiger partial charge in [-0.15, -0.1) is 0 Å². The van der Waals surface area contributed by atoms with E-state index in [0.717, 1.165) is 6.07 Å². The third-order valence-electron chi connectivity index (χ3n) is 2.07. The molecule has 0 aromatic heterocycles. The molecule has 0 saturated heterocycles. The first-order valence-electron chi connectivity index (χ1n) is 4.20. The van der Waals surface area contributed by atoms with E-state index in [-0.39, 0.29) is 10.0 Å². The highest BCUT2D eigenvalue weighted by molar-refractivity contribution is 9.10. The predicted molar refractivity (Wildman–Crippen MR) is 54.5 cm³/mol. The summed E-state index contributed by atoms with van der Waals surface area (Å²) in [6.45, 7) is 1.39. The Hall–Kier alpha value is -0.970. The smallest absolute Gasteiger partial charge is 0.313 e. The van der Waals surface area contributed by atoms with Gasteiger partial charge in [-0.1, -0.05) is 0 Å². The molecule has 1 aromatic rings. The molecule has 0 N–H and O–H groups in total. The fourth-order valence-corrected chi connectivity index (χ4v) is 1.58. The van der Waals surface area contributed by atoms with Gasteiger partial charge >= 0.3 is 5.97 Å². The minimum Gasteiger partial charge on any atom is -0.469 e. The van der Waals surface area contributed by atoms with Crippen molar-refractivity contribution < 1.29 is 18.3 Å². The number of carbonyl (C=O) groups is 1. The zero-order valence-electron chi connectivity index (χ0n) is 8.18. The van der Waals surface area contributed by atoms with E-state index in [9.17, 15) is 13.6 Å². The van der Waals surface area contributed by atoms with Crippen LogP contribution in [0, 0.1) is 11.6 Å². The summed E-state index contributed by atoms with van der Waals surface area (Å²) in [7, 11) is 1.17. The lowest BCUT2D eigenvalue weighted by molar-refractivity contribution is -0.142. The molecule has 0 aliphatic heterocycles. The molecule has 0 fully saturated rings. The van der Waals surface area contributed by atoms with Crippen molar-refractivity contribution in [2.75, 3.05) is 7.11 Å². The van der Waals surface area contributed by atoms with E-state index in [4.69, 9.17) is 0 Å². The molecule has 0 spiro atoms. The molecule has 1 unspecified atom stereocenters. The average Bonchev–Trinajstić information content (AvgIpc) is 2.22. The van der Waals surface area contributed by atoms with Crippen LogP contribution in [-0.4, -0.2) is 13.1 Å². The molecule has 2 nitrogen and oxygen atoms in total. The highest BCUT2D eigenvalue weighted by Crippen LogP contribution is 2.28. The largest absolute Gasteiger partial charge is 0.469 e. The minimum atomic E-state index is -0.965. The molecule has 0 amide bonds. The highest BCUT2D eigenvalue weighted by atomic mass is 79.9. The number of methoxy groups -OCH3 is 1. The van der Waals surface area contributed by atoms with Crippen molar-refractivity contribution >= 4 is 21.9 Å². The summed E-state index contributed by atoms with van der Waals surface area (Å²) in [5.74, 6) is -3.17. The maximum Gasteiger partial charge on any atom is 0.313 e. The van der Waals surface area contributed by atoms with Crippen molar-refractivity contribution in [1.29, 1.82) is 0 Å². The molecule has 1 aromatic carbocycles. The van der Waals surface area contributed by atoms with Crippen molar-refractivity contribution in [3.63, 3.8) is 0 Å². The van der Waals surface area contributed by atoms with Crippen LogP contribution in [0.4, 0.5) is 8.78 Å². The summed E-state index contributed by atoms with van der Waals surface area (Å²) < 4.78 is 31.4. The van der Waals surface area contributed by atoms with Crippen LogP contribution in [0.15, 0.2) is 16.6 Å². The molecule has 82 valence electrons. The van der Waals surface area contributed by atoms with E-state index in [1.165, 1.54) is 20.1 Å². The lowest BCUT2D eigenvalue weighted by Gasteiger charge is -2.12. The Morgan fingerprint density at radius 3 is 2.60 bits per heavy atom. The Morgan fingerprint density at radius 1 is 1.47 bits per heavy atom. The maximum atomic E-state index is 13.5. The second-order valence-electron chi connectivity index (χ2n) is 3.00. The van der Waals surface area contributed by atoms with E-state index >= 15 is 0 Å². The van der Waals surface area contributed by atoms with E-state index < -0.39 is 23.5 Å². The third-order valence-corrected chi connectivity index (χ3v) is 2.68. The lowest BCUT2D eigenvalue weighted by Crippen LogP contribution is -2.14. The topological polar surface area (TPSA) is 26.3 Å².